The van der Waals surface area contributed by atoms with Crippen molar-refractivity contribution in [3.63, 3.8) is 0 Å². The van der Waals surface area contributed by atoms with Crippen molar-refractivity contribution in [2.45, 2.75) is 13.5 Å². The molecule has 1 aliphatic heterocycles. The number of amides is 2. The van der Waals surface area contributed by atoms with Crippen molar-refractivity contribution in [2.24, 2.45) is 0 Å². The number of piperazine rings is 1. The first kappa shape index (κ1) is 20.3. The Morgan fingerprint density at radius 1 is 1.07 bits per heavy atom. The van der Waals surface area contributed by atoms with Crippen LogP contribution in [0.15, 0.2) is 36.4 Å². The smallest absolute Gasteiger partial charge is 0.321 e. The molecule has 0 radical (unpaired) electrons. The Morgan fingerprint density at radius 2 is 1.82 bits per heavy atom. The van der Waals surface area contributed by atoms with E-state index in [-0.39, 0.29) is 6.03 Å². The fourth-order valence-electron chi connectivity index (χ4n) is 3.27. The average Bonchev–Trinajstić information content (AvgIpc) is 2.70. The summed E-state index contributed by atoms with van der Waals surface area (Å²) in [6, 6.07) is 11.3. The molecule has 1 heterocycles. The molecule has 0 bridgehead atoms. The number of methoxy groups -OCH3 is 2. The van der Waals surface area contributed by atoms with Crippen molar-refractivity contribution in [1.29, 1.82) is 0 Å². The third-order valence-electron chi connectivity index (χ3n) is 4.91. The molecule has 6 nitrogen and oxygen atoms in total. The minimum absolute atomic E-state index is 0.121. The highest BCUT2D eigenvalue weighted by Gasteiger charge is 2.22. The number of ether oxygens (including phenoxy) is 2. The van der Waals surface area contributed by atoms with E-state index in [4.69, 9.17) is 21.1 Å². The van der Waals surface area contributed by atoms with Crippen molar-refractivity contribution in [2.75, 3.05) is 45.7 Å². The van der Waals surface area contributed by atoms with Crippen LogP contribution in [0.25, 0.3) is 0 Å². The minimum Gasteiger partial charge on any atom is -0.497 e. The molecule has 150 valence electrons. The van der Waals surface area contributed by atoms with Crippen LogP contribution in [-0.4, -0.2) is 56.2 Å². The number of hydrogen-bond acceptors (Lipinski definition) is 4. The average molecular weight is 404 g/mol. The molecule has 1 N–H and O–H groups in total. The van der Waals surface area contributed by atoms with Gasteiger partial charge in [0.15, 0.2) is 0 Å². The van der Waals surface area contributed by atoms with Crippen LogP contribution in [0.4, 0.5) is 10.5 Å². The molecule has 0 spiro atoms. The van der Waals surface area contributed by atoms with E-state index in [2.05, 4.69) is 10.2 Å². The summed E-state index contributed by atoms with van der Waals surface area (Å²) in [5.41, 5.74) is 2.77. The van der Waals surface area contributed by atoms with E-state index in [1.54, 1.807) is 14.2 Å². The Balaban J connectivity index is 1.56. The zero-order valence-electron chi connectivity index (χ0n) is 16.5. The summed E-state index contributed by atoms with van der Waals surface area (Å²) in [6.07, 6.45) is 0. The normalized spacial score (nSPS) is 14.6. The standard InChI is InChI=1S/C21H26ClN3O3/c1-15-4-6-19(18(22)12-15)23-21(26)25-10-8-24(9-11-25)14-16-13-17(27-2)5-7-20(16)28-3/h4-7,12-13H,8-11,14H2,1-3H3,(H,23,26). The molecule has 1 saturated heterocycles. The maximum atomic E-state index is 12.6. The number of benzene rings is 2. The summed E-state index contributed by atoms with van der Waals surface area (Å²) < 4.78 is 10.8. The Kier molecular flexibility index (Phi) is 6.65. The lowest BCUT2D eigenvalue weighted by Gasteiger charge is -2.35. The van der Waals surface area contributed by atoms with Gasteiger partial charge in [-0.15, -0.1) is 0 Å². The first-order valence-corrected chi connectivity index (χ1v) is 9.63. The fourth-order valence-corrected chi connectivity index (χ4v) is 3.55. The summed E-state index contributed by atoms with van der Waals surface area (Å²) in [6.45, 7) is 5.60. The summed E-state index contributed by atoms with van der Waals surface area (Å²) in [7, 11) is 3.33. The van der Waals surface area contributed by atoms with Gasteiger partial charge in [0.05, 0.1) is 24.9 Å². The van der Waals surface area contributed by atoms with Crippen molar-refractivity contribution < 1.29 is 14.3 Å². The highest BCUT2D eigenvalue weighted by Crippen LogP contribution is 2.26. The third kappa shape index (κ3) is 4.88. The number of hydrogen-bond donors (Lipinski definition) is 1. The van der Waals surface area contributed by atoms with Gasteiger partial charge in [-0.25, -0.2) is 4.79 Å². The number of carbonyl (C=O) groups excluding carboxylic acids is 1. The third-order valence-corrected chi connectivity index (χ3v) is 5.22. The lowest BCUT2D eigenvalue weighted by molar-refractivity contribution is 0.142. The van der Waals surface area contributed by atoms with E-state index in [1.165, 1.54) is 0 Å². The Hall–Kier alpha value is -2.44. The molecule has 0 unspecified atom stereocenters. The molecule has 1 fully saturated rings. The van der Waals surface area contributed by atoms with Gasteiger partial charge >= 0.3 is 6.03 Å². The molecule has 7 heteroatoms. The van der Waals surface area contributed by atoms with Crippen LogP contribution in [-0.2, 0) is 6.54 Å². The molecule has 3 rings (SSSR count). The van der Waals surface area contributed by atoms with Crippen LogP contribution >= 0.6 is 11.6 Å². The first-order valence-electron chi connectivity index (χ1n) is 9.25. The van der Waals surface area contributed by atoms with Gasteiger partial charge in [0, 0.05) is 38.3 Å². The van der Waals surface area contributed by atoms with Crippen LogP contribution in [0.5, 0.6) is 11.5 Å². The number of anilines is 1. The number of nitrogens with one attached hydrogen (secondary N) is 1. The Labute approximate surface area is 171 Å². The predicted molar refractivity (Wildman–Crippen MR) is 112 cm³/mol. The molecule has 0 atom stereocenters. The second-order valence-corrected chi connectivity index (χ2v) is 7.26. The maximum absolute atomic E-state index is 12.6. The highest BCUT2D eigenvalue weighted by molar-refractivity contribution is 6.33. The topological polar surface area (TPSA) is 54.0 Å². The van der Waals surface area contributed by atoms with Gasteiger partial charge in [-0.05, 0) is 42.8 Å². The second kappa shape index (κ2) is 9.17. The molecule has 0 aromatic heterocycles. The Bertz CT molecular complexity index is 836. The Morgan fingerprint density at radius 3 is 2.46 bits per heavy atom. The predicted octanol–water partition coefficient (Wildman–Crippen LogP) is 4.02. The van der Waals surface area contributed by atoms with Crippen molar-refractivity contribution in [1.82, 2.24) is 9.80 Å². The molecule has 0 aliphatic carbocycles. The molecule has 2 amide bonds. The molecule has 2 aromatic carbocycles. The summed E-state index contributed by atoms with van der Waals surface area (Å²) in [5, 5.41) is 3.46. The van der Waals surface area contributed by atoms with E-state index in [9.17, 15) is 4.79 Å². The van der Waals surface area contributed by atoms with E-state index in [1.807, 2.05) is 48.2 Å². The SMILES string of the molecule is COc1ccc(OC)c(CN2CCN(C(=O)Nc3ccc(C)cc3Cl)CC2)c1. The number of urea groups is 1. The van der Waals surface area contributed by atoms with Crippen LogP contribution < -0.4 is 14.8 Å². The van der Waals surface area contributed by atoms with Gasteiger partial charge < -0.3 is 19.7 Å². The van der Waals surface area contributed by atoms with E-state index in [0.717, 1.165) is 42.3 Å². The fraction of sp³-hybridized carbons (Fsp3) is 0.381. The van der Waals surface area contributed by atoms with Crippen molar-refractivity contribution in [3.8, 4) is 11.5 Å². The summed E-state index contributed by atoms with van der Waals surface area (Å²) in [4.78, 5) is 16.7. The lowest BCUT2D eigenvalue weighted by atomic mass is 10.1. The second-order valence-electron chi connectivity index (χ2n) is 6.85. The van der Waals surface area contributed by atoms with Gasteiger partial charge in [-0.1, -0.05) is 17.7 Å². The maximum Gasteiger partial charge on any atom is 0.321 e. The van der Waals surface area contributed by atoms with Gasteiger partial charge in [-0.3, -0.25) is 4.90 Å². The zero-order chi connectivity index (χ0) is 20.1. The van der Waals surface area contributed by atoms with Crippen LogP contribution in [0, 0.1) is 6.92 Å². The van der Waals surface area contributed by atoms with Crippen molar-refractivity contribution >= 4 is 23.3 Å². The van der Waals surface area contributed by atoms with E-state index < -0.39 is 0 Å². The molecule has 0 saturated carbocycles. The van der Waals surface area contributed by atoms with Gasteiger partial charge in [0.2, 0.25) is 0 Å². The van der Waals surface area contributed by atoms with E-state index in [0.29, 0.717) is 23.8 Å². The quantitative estimate of drug-likeness (QED) is 0.819. The lowest BCUT2D eigenvalue weighted by Crippen LogP contribution is -2.49. The van der Waals surface area contributed by atoms with Crippen molar-refractivity contribution in [3.05, 3.63) is 52.5 Å². The van der Waals surface area contributed by atoms with Crippen LogP contribution in [0.2, 0.25) is 5.02 Å². The van der Waals surface area contributed by atoms with Crippen LogP contribution in [0.3, 0.4) is 0 Å². The van der Waals surface area contributed by atoms with E-state index >= 15 is 0 Å². The number of rotatable bonds is 5. The minimum atomic E-state index is -0.121. The largest absolute Gasteiger partial charge is 0.497 e. The van der Waals surface area contributed by atoms with Gasteiger partial charge in [0.1, 0.15) is 11.5 Å². The molecule has 1 aliphatic rings. The van der Waals surface area contributed by atoms with Crippen LogP contribution in [0.1, 0.15) is 11.1 Å². The monoisotopic (exact) mass is 403 g/mol. The number of halogens is 1. The number of nitrogens with zero attached hydrogens (tertiary/aromatic N) is 2. The highest BCUT2D eigenvalue weighted by atomic mass is 35.5. The molecular formula is C21H26ClN3O3. The molecule has 28 heavy (non-hydrogen) atoms. The molecular weight excluding hydrogens is 378 g/mol. The first-order chi connectivity index (χ1) is 13.5. The molecule has 2 aromatic rings. The number of carbonyl (C=O) groups is 1. The number of aryl methyl sites for hydroxylation is 1. The van der Waals surface area contributed by atoms with Gasteiger partial charge in [0.25, 0.3) is 0 Å². The van der Waals surface area contributed by atoms with Gasteiger partial charge in [-0.2, -0.15) is 0 Å². The zero-order valence-corrected chi connectivity index (χ0v) is 17.3. The summed E-state index contributed by atoms with van der Waals surface area (Å²) >= 11 is 6.22. The summed E-state index contributed by atoms with van der Waals surface area (Å²) in [5.74, 6) is 1.65.